The molecule has 0 fully saturated rings. The molecule has 0 bridgehead atoms. The van der Waals surface area contributed by atoms with Gasteiger partial charge in [0.25, 0.3) is 0 Å². The number of ether oxygens (including phenoxy) is 2. The van der Waals surface area contributed by atoms with Gasteiger partial charge in [-0.3, -0.25) is 9.59 Å². The van der Waals surface area contributed by atoms with Crippen molar-refractivity contribution in [1.82, 2.24) is 0 Å². The number of carbonyl (C=O) groups excluding carboxylic acids is 2. The quantitative estimate of drug-likeness (QED) is 0.267. The third kappa shape index (κ3) is 6.91. The molecule has 0 aromatic heterocycles. The summed E-state index contributed by atoms with van der Waals surface area (Å²) in [7, 11) is 3.22. The molecular formula is C22H26O4S2. The highest BCUT2D eigenvalue weighted by Gasteiger charge is 2.14. The third-order valence-electron chi connectivity index (χ3n) is 4.35. The molecule has 2 aromatic carbocycles. The predicted molar refractivity (Wildman–Crippen MR) is 115 cm³/mol. The van der Waals surface area contributed by atoms with E-state index in [0.717, 1.165) is 22.6 Å². The van der Waals surface area contributed by atoms with Gasteiger partial charge in [0.05, 0.1) is 11.8 Å². The van der Waals surface area contributed by atoms with Crippen LogP contribution in [0.15, 0.2) is 58.3 Å². The number of rotatable bonds is 9. The fourth-order valence-electron chi connectivity index (χ4n) is 1.99. The first-order valence-corrected chi connectivity index (χ1v) is 11.6. The maximum Gasteiger partial charge on any atom is 0.314 e. The van der Waals surface area contributed by atoms with Gasteiger partial charge in [0.1, 0.15) is 11.5 Å². The first-order chi connectivity index (χ1) is 13.4. The van der Waals surface area contributed by atoms with E-state index in [1.54, 1.807) is 45.9 Å². The number of hydrogen-bond donors (Lipinski definition) is 0. The zero-order valence-corrected chi connectivity index (χ0v) is 18.3. The summed E-state index contributed by atoms with van der Waals surface area (Å²) in [6.45, 7) is 7.65. The standard InChI is InChI=1S/C22H26O4S2/c1-5-15(3)21(23)25-17-7-11-19(12-8-17)27-28-20-13-9-18(10-14-20)26-22(24)16(4)6-2/h7-16H,5-6H2,1-4H3. The SMILES string of the molecule is CCC(C)C(=O)Oc1ccc(SSc2ccc(OC(=O)C(C)CC)cc2)cc1. The van der Waals surface area contributed by atoms with Crippen LogP contribution in [0.1, 0.15) is 40.5 Å². The summed E-state index contributed by atoms with van der Waals surface area (Å²) < 4.78 is 10.7. The van der Waals surface area contributed by atoms with Crippen molar-refractivity contribution in [3.05, 3.63) is 48.5 Å². The van der Waals surface area contributed by atoms with Crippen molar-refractivity contribution in [1.29, 1.82) is 0 Å². The Labute approximate surface area is 174 Å². The van der Waals surface area contributed by atoms with E-state index in [4.69, 9.17) is 9.47 Å². The maximum absolute atomic E-state index is 11.8. The highest BCUT2D eigenvalue weighted by Crippen LogP contribution is 2.38. The van der Waals surface area contributed by atoms with Gasteiger partial charge in [-0.25, -0.2) is 0 Å². The van der Waals surface area contributed by atoms with E-state index < -0.39 is 0 Å². The van der Waals surface area contributed by atoms with E-state index >= 15 is 0 Å². The van der Waals surface area contributed by atoms with E-state index in [2.05, 4.69) is 0 Å². The minimum absolute atomic E-state index is 0.1000. The Morgan fingerprint density at radius 3 is 1.32 bits per heavy atom. The van der Waals surface area contributed by atoms with E-state index in [1.807, 2.05) is 52.0 Å². The highest BCUT2D eigenvalue weighted by atomic mass is 33.1. The Bertz CT molecular complexity index is 705. The van der Waals surface area contributed by atoms with Crippen LogP contribution in [0, 0.1) is 11.8 Å². The van der Waals surface area contributed by atoms with Crippen molar-refractivity contribution in [2.75, 3.05) is 0 Å². The molecule has 0 saturated heterocycles. The van der Waals surface area contributed by atoms with Gasteiger partial charge < -0.3 is 9.47 Å². The van der Waals surface area contributed by atoms with Gasteiger partial charge in [0.15, 0.2) is 0 Å². The van der Waals surface area contributed by atoms with Crippen LogP contribution in [-0.2, 0) is 9.59 Å². The highest BCUT2D eigenvalue weighted by molar-refractivity contribution is 8.76. The Kier molecular flexibility index (Phi) is 8.93. The number of benzene rings is 2. The molecule has 0 saturated carbocycles. The van der Waals surface area contributed by atoms with E-state index in [9.17, 15) is 9.59 Å². The predicted octanol–water partition coefficient (Wildman–Crippen LogP) is 6.39. The fraction of sp³-hybridized carbons (Fsp3) is 0.364. The van der Waals surface area contributed by atoms with Crippen LogP contribution < -0.4 is 9.47 Å². The van der Waals surface area contributed by atoms with Gasteiger partial charge in [0, 0.05) is 9.79 Å². The average molecular weight is 419 g/mol. The van der Waals surface area contributed by atoms with Crippen LogP contribution in [0.3, 0.4) is 0 Å². The lowest BCUT2D eigenvalue weighted by molar-refractivity contribution is -0.139. The zero-order valence-electron chi connectivity index (χ0n) is 16.6. The molecule has 0 amide bonds. The van der Waals surface area contributed by atoms with Crippen LogP contribution >= 0.6 is 21.6 Å². The van der Waals surface area contributed by atoms with Crippen molar-refractivity contribution < 1.29 is 19.1 Å². The summed E-state index contributed by atoms with van der Waals surface area (Å²) in [5.41, 5.74) is 0. The lowest BCUT2D eigenvalue weighted by Gasteiger charge is -2.10. The van der Waals surface area contributed by atoms with Crippen LogP contribution in [0.5, 0.6) is 11.5 Å². The van der Waals surface area contributed by atoms with Crippen LogP contribution in [0.4, 0.5) is 0 Å². The Morgan fingerprint density at radius 2 is 1.04 bits per heavy atom. The third-order valence-corrected chi connectivity index (χ3v) is 6.77. The molecule has 150 valence electrons. The molecule has 0 radical (unpaired) electrons. The molecule has 4 nitrogen and oxygen atoms in total. The molecule has 2 atom stereocenters. The van der Waals surface area contributed by atoms with Gasteiger partial charge >= 0.3 is 11.9 Å². The minimum Gasteiger partial charge on any atom is -0.426 e. The van der Waals surface area contributed by atoms with E-state index in [-0.39, 0.29) is 23.8 Å². The molecule has 0 heterocycles. The van der Waals surface area contributed by atoms with E-state index in [0.29, 0.717) is 11.5 Å². The molecule has 2 rings (SSSR count). The lowest BCUT2D eigenvalue weighted by atomic mass is 10.1. The summed E-state index contributed by atoms with van der Waals surface area (Å²) in [6.07, 6.45) is 1.53. The summed E-state index contributed by atoms with van der Waals surface area (Å²) in [6, 6.07) is 14.9. The van der Waals surface area contributed by atoms with Crippen molar-refractivity contribution in [3.8, 4) is 11.5 Å². The summed E-state index contributed by atoms with van der Waals surface area (Å²) in [5.74, 6) is 0.520. The van der Waals surface area contributed by atoms with Crippen molar-refractivity contribution in [3.63, 3.8) is 0 Å². The van der Waals surface area contributed by atoms with Crippen molar-refractivity contribution in [2.24, 2.45) is 11.8 Å². The number of hydrogen-bond acceptors (Lipinski definition) is 6. The average Bonchev–Trinajstić information content (AvgIpc) is 2.72. The molecule has 0 spiro atoms. The Morgan fingerprint density at radius 1 is 0.714 bits per heavy atom. The van der Waals surface area contributed by atoms with Gasteiger partial charge in [-0.1, -0.05) is 49.3 Å². The van der Waals surface area contributed by atoms with Crippen LogP contribution in [0.25, 0.3) is 0 Å². The lowest BCUT2D eigenvalue weighted by Crippen LogP contribution is -2.16. The Balaban J connectivity index is 1.85. The molecule has 2 unspecified atom stereocenters. The Hall–Kier alpha value is -1.92. The van der Waals surface area contributed by atoms with Gasteiger partial charge in [-0.15, -0.1) is 0 Å². The van der Waals surface area contributed by atoms with Crippen molar-refractivity contribution >= 4 is 33.5 Å². The van der Waals surface area contributed by atoms with Crippen LogP contribution in [0.2, 0.25) is 0 Å². The largest absolute Gasteiger partial charge is 0.426 e. The second kappa shape index (κ2) is 11.2. The summed E-state index contributed by atoms with van der Waals surface area (Å²) in [5, 5.41) is 0. The normalized spacial score (nSPS) is 12.9. The van der Waals surface area contributed by atoms with Crippen LogP contribution in [-0.4, -0.2) is 11.9 Å². The molecule has 6 heteroatoms. The van der Waals surface area contributed by atoms with E-state index in [1.165, 1.54) is 0 Å². The fourth-order valence-corrected chi connectivity index (χ4v) is 3.92. The van der Waals surface area contributed by atoms with Gasteiger partial charge in [0.2, 0.25) is 0 Å². The molecule has 0 aliphatic heterocycles. The molecular weight excluding hydrogens is 392 g/mol. The number of carbonyl (C=O) groups is 2. The van der Waals surface area contributed by atoms with Crippen molar-refractivity contribution in [2.45, 2.75) is 50.3 Å². The second-order valence-electron chi connectivity index (χ2n) is 6.57. The zero-order chi connectivity index (χ0) is 20.5. The summed E-state index contributed by atoms with van der Waals surface area (Å²) in [4.78, 5) is 25.8. The minimum atomic E-state index is -0.202. The topological polar surface area (TPSA) is 52.6 Å². The first-order valence-electron chi connectivity index (χ1n) is 9.41. The molecule has 0 N–H and O–H groups in total. The first kappa shape index (κ1) is 22.4. The monoisotopic (exact) mass is 418 g/mol. The molecule has 28 heavy (non-hydrogen) atoms. The molecule has 0 aliphatic carbocycles. The summed E-state index contributed by atoms with van der Waals surface area (Å²) >= 11 is 0. The second-order valence-corrected chi connectivity index (χ2v) is 8.85. The van der Waals surface area contributed by atoms with Gasteiger partial charge in [-0.2, -0.15) is 0 Å². The maximum atomic E-state index is 11.8. The molecule has 0 aliphatic rings. The smallest absolute Gasteiger partial charge is 0.314 e. The van der Waals surface area contributed by atoms with Gasteiger partial charge in [-0.05, 0) is 61.4 Å². The number of esters is 2. The molecule has 2 aromatic rings.